The zero-order chi connectivity index (χ0) is 24.7. The van der Waals surface area contributed by atoms with Gasteiger partial charge in [-0.3, -0.25) is 4.79 Å². The molecule has 2 aromatic carbocycles. The van der Waals surface area contributed by atoms with Gasteiger partial charge in [0.05, 0.1) is 28.4 Å². The maximum Gasteiger partial charge on any atom is 0.241 e. The number of benzene rings is 2. The molecule has 10 nitrogen and oxygen atoms in total. The third kappa shape index (κ3) is 3.80. The molecular formula is C25H27N5O5. The normalized spacial score (nSPS) is 18.9. The van der Waals surface area contributed by atoms with Crippen molar-refractivity contribution in [3.8, 4) is 23.0 Å². The Balaban J connectivity index is 1.60. The average Bonchev–Trinajstić information content (AvgIpc) is 3.25. The number of Topliss-reactive ketones (excluding diaryl/α,β-unsaturated/α-hetero) is 1. The van der Waals surface area contributed by atoms with E-state index in [4.69, 9.17) is 24.7 Å². The third-order valence-electron chi connectivity index (χ3n) is 6.55. The Bertz CT molecular complexity index is 1330. The quantitative estimate of drug-likeness (QED) is 0.550. The predicted octanol–water partition coefficient (Wildman–Crippen LogP) is 3.31. The number of carbonyl (C=O) groups excluding carboxylic acids is 1. The van der Waals surface area contributed by atoms with Gasteiger partial charge in [0.25, 0.3) is 0 Å². The molecule has 3 N–H and O–H groups in total. The molecule has 182 valence electrons. The average molecular weight is 478 g/mol. The first-order valence-corrected chi connectivity index (χ1v) is 11.2. The number of nitrogens with one attached hydrogen (secondary N) is 1. The summed E-state index contributed by atoms with van der Waals surface area (Å²) in [5.74, 6) is 3.07. The summed E-state index contributed by atoms with van der Waals surface area (Å²) in [6, 6.07) is 10.7. The molecule has 0 saturated carbocycles. The number of ketones is 1. The second kappa shape index (κ2) is 8.86. The van der Waals surface area contributed by atoms with Crippen molar-refractivity contribution in [1.29, 1.82) is 0 Å². The van der Waals surface area contributed by atoms with Gasteiger partial charge < -0.3 is 30.0 Å². The van der Waals surface area contributed by atoms with Crippen molar-refractivity contribution in [1.82, 2.24) is 14.8 Å². The number of fused-ring (bicyclic) bond motifs is 1. The van der Waals surface area contributed by atoms with Gasteiger partial charge in [0.2, 0.25) is 11.9 Å². The number of hydrogen-bond acceptors (Lipinski definition) is 9. The number of nitrogen functional groups attached to an aromatic ring is 1. The summed E-state index contributed by atoms with van der Waals surface area (Å²) in [4.78, 5) is 18.1. The maximum atomic E-state index is 13.7. The van der Waals surface area contributed by atoms with Gasteiger partial charge in [-0.2, -0.15) is 4.98 Å². The van der Waals surface area contributed by atoms with Gasteiger partial charge >= 0.3 is 0 Å². The van der Waals surface area contributed by atoms with Gasteiger partial charge in [-0.1, -0.05) is 6.07 Å². The molecule has 0 fully saturated rings. The van der Waals surface area contributed by atoms with E-state index in [1.54, 1.807) is 39.2 Å². The van der Waals surface area contributed by atoms with Crippen molar-refractivity contribution in [2.24, 2.45) is 0 Å². The Labute approximate surface area is 202 Å². The first kappa shape index (κ1) is 22.6. The van der Waals surface area contributed by atoms with Crippen LogP contribution in [0.3, 0.4) is 0 Å². The van der Waals surface area contributed by atoms with Crippen LogP contribution in [0.4, 0.5) is 11.9 Å². The summed E-state index contributed by atoms with van der Waals surface area (Å²) in [6.45, 7) is 0. The number of aromatic nitrogens is 3. The number of nitrogens with zero attached hydrogens (tertiary/aromatic N) is 3. The molecule has 0 amide bonds. The summed E-state index contributed by atoms with van der Waals surface area (Å²) >= 11 is 0. The van der Waals surface area contributed by atoms with Crippen LogP contribution in [0.25, 0.3) is 0 Å². The van der Waals surface area contributed by atoms with Crippen molar-refractivity contribution in [2.75, 3.05) is 39.5 Å². The molecule has 35 heavy (non-hydrogen) atoms. The lowest BCUT2D eigenvalue weighted by molar-refractivity contribution is -0.116. The number of rotatable bonds is 6. The number of methoxy groups -OCH3 is 4. The second-order valence-corrected chi connectivity index (χ2v) is 8.41. The van der Waals surface area contributed by atoms with Gasteiger partial charge in [0, 0.05) is 29.3 Å². The van der Waals surface area contributed by atoms with Gasteiger partial charge in [0.15, 0.2) is 17.3 Å². The number of nitrogens with two attached hydrogens (primary N) is 1. The molecule has 1 aliphatic carbocycles. The van der Waals surface area contributed by atoms with Crippen molar-refractivity contribution in [2.45, 2.75) is 24.8 Å². The van der Waals surface area contributed by atoms with E-state index in [9.17, 15) is 4.79 Å². The largest absolute Gasteiger partial charge is 0.497 e. The van der Waals surface area contributed by atoms with Crippen molar-refractivity contribution < 1.29 is 23.7 Å². The van der Waals surface area contributed by atoms with Crippen LogP contribution in [0.2, 0.25) is 0 Å². The number of carbonyl (C=O) groups is 1. The summed E-state index contributed by atoms with van der Waals surface area (Å²) in [6.07, 6.45) is 0.947. The van der Waals surface area contributed by atoms with Crippen molar-refractivity contribution in [3.05, 3.63) is 58.8 Å². The fourth-order valence-corrected chi connectivity index (χ4v) is 4.90. The number of anilines is 2. The summed E-state index contributed by atoms with van der Waals surface area (Å²) < 4.78 is 23.5. The molecule has 2 atom stereocenters. The summed E-state index contributed by atoms with van der Waals surface area (Å²) in [7, 11) is 6.37. The highest BCUT2D eigenvalue weighted by molar-refractivity contribution is 6.00. The topological polar surface area (TPSA) is 123 Å². The number of hydrogen-bond donors (Lipinski definition) is 2. The first-order chi connectivity index (χ1) is 17.0. The van der Waals surface area contributed by atoms with Gasteiger partial charge in [-0.05, 0) is 42.2 Å². The smallest absolute Gasteiger partial charge is 0.241 e. The molecule has 1 aliphatic heterocycles. The molecule has 0 radical (unpaired) electrons. The maximum absolute atomic E-state index is 13.7. The molecule has 2 heterocycles. The van der Waals surface area contributed by atoms with E-state index in [1.807, 2.05) is 30.3 Å². The van der Waals surface area contributed by atoms with E-state index >= 15 is 0 Å². The van der Waals surface area contributed by atoms with Crippen LogP contribution in [-0.2, 0) is 4.79 Å². The lowest BCUT2D eigenvalue weighted by atomic mass is 9.77. The highest BCUT2D eigenvalue weighted by Crippen LogP contribution is 2.47. The minimum atomic E-state index is -0.536. The fraction of sp³-hybridized carbons (Fsp3) is 0.320. The molecule has 2 aliphatic rings. The van der Waals surface area contributed by atoms with Crippen LogP contribution < -0.4 is 30.0 Å². The molecule has 1 aromatic heterocycles. The molecule has 5 rings (SSSR count). The van der Waals surface area contributed by atoms with Gasteiger partial charge in [0.1, 0.15) is 17.5 Å². The zero-order valence-electron chi connectivity index (χ0n) is 20.0. The van der Waals surface area contributed by atoms with E-state index in [2.05, 4.69) is 15.4 Å². The highest BCUT2D eigenvalue weighted by atomic mass is 16.5. The van der Waals surface area contributed by atoms with E-state index < -0.39 is 6.04 Å². The monoisotopic (exact) mass is 477 g/mol. The Morgan fingerprint density at radius 2 is 1.71 bits per heavy atom. The standard InChI is InChI=1S/C25H27N5O5/c1-32-15-6-7-16(20(12-15)34-3)23-22-17(27-25-28-24(26)29-30(23)25)9-14(10-18(22)31)13-5-8-19(33-2)21(11-13)35-4/h5-8,11-12,14,23H,9-10H2,1-4H3,(H3,26,27,28,29)/t14-,23-/m1/s1. The zero-order valence-corrected chi connectivity index (χ0v) is 20.0. The minimum absolute atomic E-state index is 0.0149. The van der Waals surface area contributed by atoms with Gasteiger partial charge in [-0.25, -0.2) is 4.68 Å². The van der Waals surface area contributed by atoms with Crippen LogP contribution in [0.15, 0.2) is 47.7 Å². The molecule has 0 unspecified atom stereocenters. The summed E-state index contributed by atoms with van der Waals surface area (Å²) in [5, 5.41) is 7.70. The Kier molecular flexibility index (Phi) is 5.72. The van der Waals surface area contributed by atoms with Crippen LogP contribution in [0, 0.1) is 0 Å². The Morgan fingerprint density at radius 3 is 2.43 bits per heavy atom. The molecule has 0 saturated heterocycles. The number of ether oxygens (including phenoxy) is 4. The van der Waals surface area contributed by atoms with Crippen LogP contribution in [0.5, 0.6) is 23.0 Å². The van der Waals surface area contributed by atoms with E-state index in [0.717, 1.165) is 16.8 Å². The lowest BCUT2D eigenvalue weighted by Crippen LogP contribution is -2.33. The molecule has 0 bridgehead atoms. The molecule has 10 heteroatoms. The van der Waals surface area contributed by atoms with Crippen molar-refractivity contribution in [3.63, 3.8) is 0 Å². The molecular weight excluding hydrogens is 450 g/mol. The first-order valence-electron chi connectivity index (χ1n) is 11.2. The van der Waals surface area contributed by atoms with E-state index in [-0.39, 0.29) is 17.6 Å². The number of allylic oxidation sites excluding steroid dienone is 2. The Hall–Kier alpha value is -4.21. The van der Waals surface area contributed by atoms with Crippen LogP contribution >= 0.6 is 0 Å². The molecule has 0 spiro atoms. The van der Waals surface area contributed by atoms with Crippen LogP contribution in [0.1, 0.15) is 35.9 Å². The van der Waals surface area contributed by atoms with E-state index in [1.165, 1.54) is 0 Å². The lowest BCUT2D eigenvalue weighted by Gasteiger charge is -2.35. The molecule has 3 aromatic rings. The van der Waals surface area contributed by atoms with Gasteiger partial charge in [-0.15, -0.1) is 5.10 Å². The SMILES string of the molecule is COc1ccc([C@@H]2C3=C(C[C@@H](c4ccc(OC)c(OC)c4)CC3=O)Nc3nc(N)nn32)c(OC)c1. The minimum Gasteiger partial charge on any atom is -0.497 e. The predicted molar refractivity (Wildman–Crippen MR) is 129 cm³/mol. The van der Waals surface area contributed by atoms with E-state index in [0.29, 0.717) is 47.4 Å². The second-order valence-electron chi connectivity index (χ2n) is 8.41. The Morgan fingerprint density at radius 1 is 0.943 bits per heavy atom. The summed E-state index contributed by atoms with van der Waals surface area (Å²) in [5.41, 5.74) is 9.14. The fourth-order valence-electron chi connectivity index (χ4n) is 4.90. The third-order valence-corrected chi connectivity index (χ3v) is 6.55. The van der Waals surface area contributed by atoms with Crippen LogP contribution in [-0.4, -0.2) is 49.0 Å². The van der Waals surface area contributed by atoms with Crippen molar-refractivity contribution >= 4 is 17.7 Å². The highest BCUT2D eigenvalue weighted by Gasteiger charge is 2.41.